The first kappa shape index (κ1) is 41.0. The summed E-state index contributed by atoms with van der Waals surface area (Å²) in [5.74, 6) is 0.920. The zero-order chi connectivity index (χ0) is 47.8. The largest absolute Gasteiger partial charge is 0.333 e. The Labute approximate surface area is 422 Å². The predicted molar refractivity (Wildman–Crippen MR) is 302 cm³/mol. The van der Waals surface area contributed by atoms with Gasteiger partial charge in [0.1, 0.15) is 0 Å². The minimum atomic E-state index is -0.00764. The Kier molecular flexibility index (Phi) is 8.24. The van der Waals surface area contributed by atoms with Crippen molar-refractivity contribution in [2.24, 2.45) is 5.92 Å². The van der Waals surface area contributed by atoms with Gasteiger partial charge in [-0.2, -0.15) is 0 Å². The normalized spacial score (nSPS) is 20.1. The third-order valence-electron chi connectivity index (χ3n) is 18.7. The van der Waals surface area contributed by atoms with E-state index < -0.39 is 0 Å². The standard InChI is InChI=1S/C70H56N2/c1-69(2)59-21-13-11-19-49(59)53-35-41(25-31-61(53)69)43-27-33-63-55(37-43)57-39-45-23-30-52-66-46(24-29-51(65(45)66)67(57)71(63)47-15-7-5-8-16-47)40-58-56-38-44(28-34-64(56)72(68(52)58)48-17-9-6-10-18-48)42-26-32-62-54(36-42)50-20-12-14-22-60(50)70(62,3)4/h5-17,19-22,25-28,31-40,48-49,59H,18,23-24,29-30H2,1-4H3. The van der Waals surface area contributed by atoms with Gasteiger partial charge in [0.15, 0.2) is 0 Å². The molecule has 2 heteroatoms. The first-order chi connectivity index (χ1) is 35.2. The van der Waals surface area contributed by atoms with E-state index in [0.717, 1.165) is 32.1 Å². The molecule has 72 heavy (non-hydrogen) atoms. The molecule has 0 fully saturated rings. The van der Waals surface area contributed by atoms with E-state index >= 15 is 0 Å². The highest BCUT2D eigenvalue weighted by atomic mass is 15.0. The molecule has 0 N–H and O–H groups in total. The van der Waals surface area contributed by atoms with Crippen molar-refractivity contribution in [3.05, 3.63) is 233 Å². The minimum Gasteiger partial charge on any atom is -0.333 e. The lowest BCUT2D eigenvalue weighted by Gasteiger charge is -2.32. The number of hydrogen-bond acceptors (Lipinski definition) is 0. The van der Waals surface area contributed by atoms with Crippen LogP contribution in [0, 0.1) is 5.92 Å². The van der Waals surface area contributed by atoms with Crippen molar-refractivity contribution in [2.45, 2.75) is 82.6 Å². The molecule has 3 atom stereocenters. The van der Waals surface area contributed by atoms with Crippen molar-refractivity contribution in [1.29, 1.82) is 0 Å². The summed E-state index contributed by atoms with van der Waals surface area (Å²) in [6, 6.07) is 54.9. The lowest BCUT2D eigenvalue weighted by molar-refractivity contribution is 0.394. The van der Waals surface area contributed by atoms with Crippen LogP contribution in [0.15, 0.2) is 188 Å². The molecule has 346 valence electrons. The SMILES string of the molecule is CC1(C)c2ccccc2-c2cc(-c3ccc4c(c3)c3cc5c6c(c3n4C3C=CC=CC3)CCc3cc4c7cc(-c8ccc9c(c8)C8C=CC=CC8C9(C)C)ccc7n(-c7ccccc7)c4c(c3-6)CC5)ccc21. The second-order valence-electron chi connectivity index (χ2n) is 23.0. The van der Waals surface area contributed by atoms with Gasteiger partial charge < -0.3 is 9.13 Å². The predicted octanol–water partition coefficient (Wildman–Crippen LogP) is 17.6. The summed E-state index contributed by atoms with van der Waals surface area (Å²) in [6.07, 6.45) is 23.7. The van der Waals surface area contributed by atoms with Crippen molar-refractivity contribution in [1.82, 2.24) is 9.13 Å². The van der Waals surface area contributed by atoms with Gasteiger partial charge >= 0.3 is 0 Å². The zero-order valence-corrected chi connectivity index (χ0v) is 41.6. The van der Waals surface area contributed by atoms with Crippen LogP contribution in [0.3, 0.4) is 0 Å². The maximum atomic E-state index is 2.73. The molecule has 0 amide bonds. The summed E-state index contributed by atoms with van der Waals surface area (Å²) in [7, 11) is 0. The average Bonchev–Trinajstić information content (AvgIpc) is 4.08. The molecule has 10 aromatic rings. The highest BCUT2D eigenvalue weighted by molar-refractivity contribution is 6.16. The molecule has 2 heterocycles. The second-order valence-corrected chi connectivity index (χ2v) is 23.0. The molecule has 16 rings (SSSR count). The van der Waals surface area contributed by atoms with Crippen molar-refractivity contribution < 1.29 is 0 Å². The Bertz CT molecular complexity index is 4190. The summed E-state index contributed by atoms with van der Waals surface area (Å²) < 4.78 is 5.33. The number of para-hydroxylation sites is 1. The number of hydrogen-bond donors (Lipinski definition) is 0. The fourth-order valence-electron chi connectivity index (χ4n) is 15.3. The zero-order valence-electron chi connectivity index (χ0n) is 41.6. The monoisotopic (exact) mass is 924 g/mol. The van der Waals surface area contributed by atoms with Crippen molar-refractivity contribution in [3.63, 3.8) is 0 Å². The van der Waals surface area contributed by atoms with Crippen LogP contribution in [-0.2, 0) is 36.5 Å². The second kappa shape index (κ2) is 14.5. The summed E-state index contributed by atoms with van der Waals surface area (Å²) in [4.78, 5) is 0. The molecular weight excluding hydrogens is 869 g/mol. The van der Waals surface area contributed by atoms with E-state index in [-0.39, 0.29) is 16.9 Å². The van der Waals surface area contributed by atoms with Crippen molar-refractivity contribution >= 4 is 43.6 Å². The van der Waals surface area contributed by atoms with E-state index in [0.29, 0.717) is 11.8 Å². The van der Waals surface area contributed by atoms with Crippen LogP contribution in [-0.4, -0.2) is 9.13 Å². The van der Waals surface area contributed by atoms with Crippen LogP contribution in [0.5, 0.6) is 0 Å². The number of aryl methyl sites for hydroxylation is 4. The summed E-state index contributed by atoms with van der Waals surface area (Å²) in [5.41, 5.74) is 29.6. The van der Waals surface area contributed by atoms with Gasteiger partial charge in [0.05, 0.1) is 22.6 Å². The van der Waals surface area contributed by atoms with Gasteiger partial charge in [-0.3, -0.25) is 0 Å². The Hall–Kier alpha value is -7.68. The Balaban J connectivity index is 0.896. The first-order valence-electron chi connectivity index (χ1n) is 26.6. The Morgan fingerprint density at radius 1 is 0.472 bits per heavy atom. The third kappa shape index (κ3) is 5.40. The number of rotatable bonds is 4. The molecule has 2 aromatic heterocycles. The number of aromatic nitrogens is 2. The van der Waals surface area contributed by atoms with Crippen LogP contribution in [0.4, 0.5) is 0 Å². The molecule has 2 nitrogen and oxygen atoms in total. The van der Waals surface area contributed by atoms with E-state index in [9.17, 15) is 0 Å². The first-order valence-corrected chi connectivity index (χ1v) is 26.6. The van der Waals surface area contributed by atoms with Crippen LogP contribution in [0.2, 0.25) is 0 Å². The topological polar surface area (TPSA) is 9.86 Å². The molecule has 0 bridgehead atoms. The molecule has 0 saturated carbocycles. The van der Waals surface area contributed by atoms with E-state index in [2.05, 4.69) is 225 Å². The van der Waals surface area contributed by atoms with Gasteiger partial charge in [-0.25, -0.2) is 0 Å². The van der Waals surface area contributed by atoms with Crippen LogP contribution in [0.1, 0.15) is 90.6 Å². The van der Waals surface area contributed by atoms with Gasteiger partial charge in [0.2, 0.25) is 0 Å². The lowest BCUT2D eigenvalue weighted by Crippen LogP contribution is -2.24. The van der Waals surface area contributed by atoms with Crippen LogP contribution >= 0.6 is 0 Å². The fourth-order valence-corrected chi connectivity index (χ4v) is 15.3. The number of fused-ring (bicyclic) bond motifs is 14. The number of benzene rings is 8. The fraction of sp³-hybridized carbons (Fsp3) is 0.200. The molecule has 0 radical (unpaired) electrons. The quantitative estimate of drug-likeness (QED) is 0.166. The van der Waals surface area contributed by atoms with E-state index in [1.54, 1.807) is 5.56 Å². The van der Waals surface area contributed by atoms with Gasteiger partial charge in [0, 0.05) is 44.1 Å². The third-order valence-corrected chi connectivity index (χ3v) is 18.7. The number of allylic oxidation sites excluding steroid dienone is 8. The van der Waals surface area contributed by atoms with E-state index in [1.807, 2.05) is 0 Å². The molecule has 8 aromatic carbocycles. The van der Waals surface area contributed by atoms with Gasteiger partial charge in [0.25, 0.3) is 0 Å². The molecule has 3 unspecified atom stereocenters. The molecule has 0 saturated heterocycles. The van der Waals surface area contributed by atoms with E-state index in [4.69, 9.17) is 0 Å². The van der Waals surface area contributed by atoms with Gasteiger partial charge in [-0.15, -0.1) is 0 Å². The number of nitrogens with zero attached hydrogens (tertiary/aromatic N) is 2. The molecule has 0 aliphatic heterocycles. The molecule has 0 spiro atoms. The maximum Gasteiger partial charge on any atom is 0.0579 e. The lowest BCUT2D eigenvalue weighted by atomic mass is 9.74. The van der Waals surface area contributed by atoms with Crippen molar-refractivity contribution in [2.75, 3.05) is 0 Å². The Morgan fingerprint density at radius 2 is 1.08 bits per heavy atom. The molecule has 6 aliphatic carbocycles. The Morgan fingerprint density at radius 3 is 1.85 bits per heavy atom. The van der Waals surface area contributed by atoms with Crippen LogP contribution in [0.25, 0.3) is 93.8 Å². The van der Waals surface area contributed by atoms with Crippen LogP contribution < -0.4 is 0 Å². The van der Waals surface area contributed by atoms with Gasteiger partial charge in [-0.05, 0) is 187 Å². The maximum absolute atomic E-state index is 2.73. The summed E-state index contributed by atoms with van der Waals surface area (Å²) >= 11 is 0. The summed E-state index contributed by atoms with van der Waals surface area (Å²) in [5, 5.41) is 5.52. The average molecular weight is 925 g/mol. The van der Waals surface area contributed by atoms with E-state index in [1.165, 1.54) is 133 Å². The summed E-state index contributed by atoms with van der Waals surface area (Å²) in [6.45, 7) is 9.61. The molecular formula is C70H56N2. The highest BCUT2D eigenvalue weighted by Gasteiger charge is 2.44. The smallest absolute Gasteiger partial charge is 0.0579 e. The minimum absolute atomic E-state index is 0.00764. The highest BCUT2D eigenvalue weighted by Crippen LogP contribution is 2.56. The van der Waals surface area contributed by atoms with Crippen molar-refractivity contribution in [3.8, 4) is 50.2 Å². The molecule has 6 aliphatic rings. The van der Waals surface area contributed by atoms with Gasteiger partial charge in [-0.1, -0.05) is 161 Å².